The molecule has 0 saturated heterocycles. The van der Waals surface area contributed by atoms with Gasteiger partial charge in [-0.15, -0.1) is 0 Å². The maximum atomic E-state index is 12.4. The number of carbonyl (C=O) groups excluding carboxylic acids is 2. The van der Waals surface area contributed by atoms with Crippen LogP contribution in [0.2, 0.25) is 0 Å². The van der Waals surface area contributed by atoms with E-state index in [9.17, 15) is 14.7 Å². The number of aliphatic hydroxyl groups is 1. The summed E-state index contributed by atoms with van der Waals surface area (Å²) in [6.07, 6.45) is 2.53. The van der Waals surface area contributed by atoms with Gasteiger partial charge in [-0.2, -0.15) is 5.26 Å². The molecule has 2 heterocycles. The summed E-state index contributed by atoms with van der Waals surface area (Å²) in [6.45, 7) is 2.02. The zero-order chi connectivity index (χ0) is 20.3. The summed E-state index contributed by atoms with van der Waals surface area (Å²) in [6, 6.07) is 8.80. The van der Waals surface area contributed by atoms with Crippen LogP contribution < -0.4 is 5.48 Å². The molecule has 2 aromatic rings. The summed E-state index contributed by atoms with van der Waals surface area (Å²) < 4.78 is 5.24. The molecular weight excluding hydrogens is 362 g/mol. The second kappa shape index (κ2) is 7.84. The lowest BCUT2D eigenvalue weighted by atomic mass is 9.94. The fourth-order valence-electron chi connectivity index (χ4n) is 3.38. The molecular formula is C20H21N3O5. The van der Waals surface area contributed by atoms with Crippen LogP contribution in [0.3, 0.4) is 0 Å². The zero-order valence-electron chi connectivity index (χ0n) is 15.7. The van der Waals surface area contributed by atoms with E-state index in [4.69, 9.17) is 10.00 Å². The van der Waals surface area contributed by atoms with Crippen molar-refractivity contribution in [3.05, 3.63) is 41.1 Å². The van der Waals surface area contributed by atoms with Crippen LogP contribution in [-0.2, 0) is 19.2 Å². The number of carbonyl (C=O) groups is 2. The van der Waals surface area contributed by atoms with Gasteiger partial charge in [0.1, 0.15) is 5.57 Å². The molecule has 3 rings (SSSR count). The maximum Gasteiger partial charge on any atom is 0.347 e. The van der Waals surface area contributed by atoms with Crippen molar-refractivity contribution in [1.82, 2.24) is 10.5 Å². The van der Waals surface area contributed by atoms with Crippen LogP contribution in [0.1, 0.15) is 43.9 Å². The minimum atomic E-state index is -1.92. The third kappa shape index (κ3) is 3.50. The highest BCUT2D eigenvalue weighted by Crippen LogP contribution is 2.42. The molecule has 1 atom stereocenters. The molecule has 0 saturated carbocycles. The van der Waals surface area contributed by atoms with Crippen molar-refractivity contribution in [2.24, 2.45) is 0 Å². The summed E-state index contributed by atoms with van der Waals surface area (Å²) in [4.78, 5) is 32.6. The van der Waals surface area contributed by atoms with Gasteiger partial charge in [0.2, 0.25) is 5.79 Å². The summed E-state index contributed by atoms with van der Waals surface area (Å²) in [5, 5.41) is 20.9. The number of H-pyrrole nitrogens is 1. The Bertz CT molecular complexity index is 1000. The Hall–Kier alpha value is -3.15. The number of hydrogen-bond acceptors (Lipinski definition) is 6. The van der Waals surface area contributed by atoms with Gasteiger partial charge < -0.3 is 14.8 Å². The van der Waals surface area contributed by atoms with Crippen LogP contribution in [0.4, 0.5) is 0 Å². The van der Waals surface area contributed by atoms with Crippen LogP contribution in [-0.4, -0.2) is 34.9 Å². The zero-order valence-corrected chi connectivity index (χ0v) is 15.7. The second-order valence-electron chi connectivity index (χ2n) is 6.61. The van der Waals surface area contributed by atoms with E-state index in [0.717, 1.165) is 12.8 Å². The van der Waals surface area contributed by atoms with Crippen molar-refractivity contribution >= 4 is 28.4 Å². The molecule has 0 aliphatic carbocycles. The number of benzene rings is 1. The van der Waals surface area contributed by atoms with Gasteiger partial charge >= 0.3 is 5.97 Å². The number of unbranched alkanes of at least 4 members (excludes halogenated alkanes) is 2. The number of nitrogens with one attached hydrogen (secondary N) is 2. The number of nitriles is 1. The van der Waals surface area contributed by atoms with Gasteiger partial charge in [-0.1, -0.05) is 19.8 Å². The van der Waals surface area contributed by atoms with Crippen LogP contribution in [0.25, 0.3) is 16.5 Å². The Morgan fingerprint density at radius 3 is 2.86 bits per heavy atom. The van der Waals surface area contributed by atoms with Crippen molar-refractivity contribution in [2.75, 3.05) is 7.11 Å². The molecule has 8 heteroatoms. The van der Waals surface area contributed by atoms with Gasteiger partial charge in [0.25, 0.3) is 5.91 Å². The average molecular weight is 383 g/mol. The number of aromatic nitrogens is 1. The Balaban J connectivity index is 2.14. The molecule has 0 bridgehead atoms. The summed E-state index contributed by atoms with van der Waals surface area (Å²) >= 11 is 0. The minimum absolute atomic E-state index is 0.0675. The summed E-state index contributed by atoms with van der Waals surface area (Å²) in [7, 11) is 1.25. The number of esters is 1. The second-order valence-corrected chi connectivity index (χ2v) is 6.61. The van der Waals surface area contributed by atoms with Gasteiger partial charge in [-0.3, -0.25) is 9.63 Å². The first-order valence-corrected chi connectivity index (χ1v) is 9.00. The Morgan fingerprint density at radius 1 is 1.39 bits per heavy atom. The third-order valence-corrected chi connectivity index (χ3v) is 4.67. The molecule has 1 aliphatic heterocycles. The highest BCUT2D eigenvalue weighted by Gasteiger charge is 2.49. The number of rotatable bonds is 7. The Labute approximate surface area is 161 Å². The lowest BCUT2D eigenvalue weighted by molar-refractivity contribution is -0.178. The summed E-state index contributed by atoms with van der Waals surface area (Å²) in [5.41, 5.74) is 3.41. The van der Waals surface area contributed by atoms with E-state index in [2.05, 4.69) is 21.4 Å². The number of hydroxylamine groups is 1. The van der Waals surface area contributed by atoms with E-state index in [0.29, 0.717) is 28.6 Å². The largest absolute Gasteiger partial charge is 0.425 e. The van der Waals surface area contributed by atoms with Crippen LogP contribution in [0.5, 0.6) is 0 Å². The van der Waals surface area contributed by atoms with Crippen molar-refractivity contribution in [3.63, 3.8) is 0 Å². The van der Waals surface area contributed by atoms with E-state index in [-0.39, 0.29) is 17.6 Å². The highest BCUT2D eigenvalue weighted by atomic mass is 16.7. The van der Waals surface area contributed by atoms with Gasteiger partial charge in [0.05, 0.1) is 30.0 Å². The molecule has 0 spiro atoms. The van der Waals surface area contributed by atoms with Gasteiger partial charge in [-0.05, 0) is 30.7 Å². The van der Waals surface area contributed by atoms with Crippen LogP contribution in [0.15, 0.2) is 29.8 Å². The first-order valence-electron chi connectivity index (χ1n) is 9.00. The number of aromatic amines is 1. The first-order chi connectivity index (χ1) is 13.4. The number of ether oxygens (including phenoxy) is 1. The number of fused-ring (bicyclic) bond motifs is 1. The number of cyclic esters (lactones) is 1. The fraction of sp³-hybridized carbons (Fsp3) is 0.350. The molecule has 0 fully saturated rings. The molecule has 1 aliphatic rings. The molecule has 1 aromatic heterocycles. The fourth-order valence-corrected chi connectivity index (χ4v) is 3.38. The monoisotopic (exact) mass is 383 g/mol. The normalized spacial score (nSPS) is 19.0. The molecule has 8 nitrogen and oxygen atoms in total. The standard InChI is InChI=1S/C20H21N3O5/c1-3-4-5-8-20(26)17(16(19(25)28-20)18(24)23-27-2)15-10-13-9-12(11-21)6-7-14(13)22-15/h6-7,9-10,22,26H,3-5,8H2,1-2H3,(H,23,24). The highest BCUT2D eigenvalue weighted by molar-refractivity contribution is 6.24. The predicted octanol–water partition coefficient (Wildman–Crippen LogP) is 2.30. The average Bonchev–Trinajstić information content (AvgIpc) is 3.19. The molecule has 1 aromatic carbocycles. The minimum Gasteiger partial charge on any atom is -0.425 e. The molecule has 0 radical (unpaired) electrons. The number of hydrogen-bond donors (Lipinski definition) is 3. The molecule has 1 amide bonds. The topological polar surface area (TPSA) is 124 Å². The van der Waals surface area contributed by atoms with E-state index in [1.54, 1.807) is 24.3 Å². The molecule has 146 valence electrons. The van der Waals surface area contributed by atoms with E-state index in [1.807, 2.05) is 6.92 Å². The smallest absolute Gasteiger partial charge is 0.347 e. The Kier molecular flexibility index (Phi) is 5.49. The van der Waals surface area contributed by atoms with Gasteiger partial charge in [0.15, 0.2) is 0 Å². The molecule has 1 unspecified atom stereocenters. The molecule has 3 N–H and O–H groups in total. The number of nitrogens with zero attached hydrogens (tertiary/aromatic N) is 1. The van der Waals surface area contributed by atoms with E-state index >= 15 is 0 Å². The van der Waals surface area contributed by atoms with E-state index in [1.165, 1.54) is 7.11 Å². The van der Waals surface area contributed by atoms with Crippen LogP contribution >= 0.6 is 0 Å². The van der Waals surface area contributed by atoms with Crippen molar-refractivity contribution < 1.29 is 24.3 Å². The molecule has 28 heavy (non-hydrogen) atoms. The third-order valence-electron chi connectivity index (χ3n) is 4.67. The first kappa shape index (κ1) is 19.6. The quantitative estimate of drug-likeness (QED) is 0.292. The SMILES string of the molecule is CCCCCC1(O)OC(=O)C(C(=O)NOC)=C1c1cc2cc(C#N)ccc2[nH]1. The van der Waals surface area contributed by atoms with Crippen molar-refractivity contribution in [2.45, 2.75) is 38.4 Å². The van der Waals surface area contributed by atoms with Gasteiger partial charge in [-0.25, -0.2) is 10.3 Å². The predicted molar refractivity (Wildman–Crippen MR) is 100 cm³/mol. The Morgan fingerprint density at radius 2 is 2.18 bits per heavy atom. The van der Waals surface area contributed by atoms with Gasteiger partial charge in [0, 0.05) is 17.3 Å². The lowest BCUT2D eigenvalue weighted by Crippen LogP contribution is -2.31. The van der Waals surface area contributed by atoms with Crippen molar-refractivity contribution in [1.29, 1.82) is 5.26 Å². The number of amides is 1. The van der Waals surface area contributed by atoms with Crippen LogP contribution in [0, 0.1) is 11.3 Å². The van der Waals surface area contributed by atoms with Crippen molar-refractivity contribution in [3.8, 4) is 6.07 Å². The lowest BCUT2D eigenvalue weighted by Gasteiger charge is -2.24. The summed E-state index contributed by atoms with van der Waals surface area (Å²) in [5.74, 6) is -3.64. The van der Waals surface area contributed by atoms with E-state index < -0.39 is 17.7 Å². The maximum absolute atomic E-state index is 12.4.